The van der Waals surface area contributed by atoms with Crippen molar-refractivity contribution in [2.45, 2.75) is 11.5 Å². The molecule has 0 aliphatic heterocycles. The Kier molecular flexibility index (Phi) is 6.99. The summed E-state index contributed by atoms with van der Waals surface area (Å²) < 4.78 is 33.4. The molecule has 0 bridgehead atoms. The van der Waals surface area contributed by atoms with E-state index >= 15 is 0 Å². The van der Waals surface area contributed by atoms with Crippen LogP contribution in [-0.2, 0) is 21.4 Å². The number of hydrogen-bond donors (Lipinski definition) is 1. The number of halogens is 2. The van der Waals surface area contributed by atoms with Gasteiger partial charge in [-0.2, -0.15) is 0 Å². The summed E-state index contributed by atoms with van der Waals surface area (Å²) in [6.45, 7) is -0.0457. The van der Waals surface area contributed by atoms with Crippen molar-refractivity contribution in [2.75, 3.05) is 4.72 Å². The highest BCUT2D eigenvalue weighted by Gasteiger charge is 2.21. The van der Waals surface area contributed by atoms with Gasteiger partial charge in [-0.15, -0.1) is 11.3 Å². The van der Waals surface area contributed by atoms with Gasteiger partial charge in [-0.1, -0.05) is 53.5 Å². The summed E-state index contributed by atoms with van der Waals surface area (Å²) in [6.07, 6.45) is 0. The smallest absolute Gasteiger partial charge is 0.338 e. The second kappa shape index (κ2) is 9.93. The van der Waals surface area contributed by atoms with Crippen LogP contribution < -0.4 is 4.72 Å². The minimum atomic E-state index is -4.05. The lowest BCUT2D eigenvalue weighted by molar-refractivity contribution is 0.0468. The number of carbonyl (C=O) groups excluding carboxylic acids is 1. The number of sulfonamides is 1. The minimum Gasteiger partial charge on any atom is -0.456 e. The van der Waals surface area contributed by atoms with Crippen molar-refractivity contribution >= 4 is 56.2 Å². The third-order valence-electron chi connectivity index (χ3n) is 4.48. The number of anilines is 1. The molecular weight excluding hydrogens is 503 g/mol. The van der Waals surface area contributed by atoms with E-state index in [4.69, 9.17) is 27.9 Å². The highest BCUT2D eigenvalue weighted by Crippen LogP contribution is 2.27. The van der Waals surface area contributed by atoms with Crippen molar-refractivity contribution in [1.82, 2.24) is 4.98 Å². The maximum atomic E-state index is 12.8. The first kappa shape index (κ1) is 23.3. The molecule has 0 aliphatic rings. The maximum absolute atomic E-state index is 12.8. The van der Waals surface area contributed by atoms with Gasteiger partial charge in [-0.25, -0.2) is 18.2 Å². The largest absolute Gasteiger partial charge is 0.456 e. The van der Waals surface area contributed by atoms with Gasteiger partial charge in [0.2, 0.25) is 0 Å². The van der Waals surface area contributed by atoms with Gasteiger partial charge in [-0.05, 0) is 42.5 Å². The van der Waals surface area contributed by atoms with Crippen molar-refractivity contribution < 1.29 is 17.9 Å². The molecule has 4 aromatic rings. The van der Waals surface area contributed by atoms with Gasteiger partial charge < -0.3 is 4.74 Å². The van der Waals surface area contributed by atoms with E-state index < -0.39 is 16.0 Å². The number of nitrogens with one attached hydrogen (secondary N) is 1. The van der Waals surface area contributed by atoms with Crippen molar-refractivity contribution in [2.24, 2.45) is 0 Å². The predicted octanol–water partition coefficient (Wildman–Crippen LogP) is 6.27. The molecule has 0 saturated carbocycles. The summed E-state index contributed by atoms with van der Waals surface area (Å²) in [7, 11) is -4.05. The Morgan fingerprint density at radius 2 is 1.73 bits per heavy atom. The van der Waals surface area contributed by atoms with Gasteiger partial charge in [0.05, 0.1) is 16.3 Å². The number of esters is 1. The fourth-order valence-electron chi connectivity index (χ4n) is 2.87. The summed E-state index contributed by atoms with van der Waals surface area (Å²) >= 11 is 13.4. The highest BCUT2D eigenvalue weighted by atomic mass is 35.5. The lowest BCUT2D eigenvalue weighted by Crippen LogP contribution is -2.15. The summed E-state index contributed by atoms with van der Waals surface area (Å²) in [4.78, 5) is 16.8. The number of hydrogen-bond acceptors (Lipinski definition) is 6. The second-order valence-corrected chi connectivity index (χ2v) is 10.2. The van der Waals surface area contributed by atoms with Crippen LogP contribution in [0.25, 0.3) is 10.6 Å². The molecule has 0 fully saturated rings. The molecule has 1 heterocycles. The molecule has 0 amide bonds. The van der Waals surface area contributed by atoms with E-state index in [1.165, 1.54) is 41.7 Å². The Balaban J connectivity index is 1.47. The van der Waals surface area contributed by atoms with Gasteiger partial charge in [0, 0.05) is 21.7 Å². The molecule has 33 heavy (non-hydrogen) atoms. The highest BCUT2D eigenvalue weighted by molar-refractivity contribution is 7.92. The molecule has 0 aliphatic carbocycles. The topological polar surface area (TPSA) is 85.4 Å². The van der Waals surface area contributed by atoms with Gasteiger partial charge in [0.1, 0.15) is 16.5 Å². The van der Waals surface area contributed by atoms with E-state index in [1.807, 2.05) is 35.7 Å². The number of benzene rings is 3. The molecule has 0 radical (unpaired) electrons. The van der Waals surface area contributed by atoms with Crippen LogP contribution in [0.15, 0.2) is 83.1 Å². The molecule has 10 heteroatoms. The third kappa shape index (κ3) is 5.72. The summed E-state index contributed by atoms with van der Waals surface area (Å²) in [5.41, 5.74) is 1.93. The van der Waals surface area contributed by atoms with Crippen molar-refractivity contribution in [3.05, 3.63) is 99.5 Å². The van der Waals surface area contributed by atoms with Crippen LogP contribution in [0.2, 0.25) is 10.0 Å². The monoisotopic (exact) mass is 518 g/mol. The number of thiazole rings is 1. The molecule has 1 aromatic heterocycles. The van der Waals surface area contributed by atoms with E-state index in [-0.39, 0.29) is 22.1 Å². The average molecular weight is 519 g/mol. The molecule has 4 rings (SSSR count). The second-order valence-electron chi connectivity index (χ2n) is 6.84. The molecule has 0 unspecified atom stereocenters. The van der Waals surface area contributed by atoms with Gasteiger partial charge >= 0.3 is 5.97 Å². The lowest BCUT2D eigenvalue weighted by atomic mass is 10.2. The van der Waals surface area contributed by atoms with Crippen LogP contribution in [0, 0.1) is 0 Å². The number of ether oxygens (including phenoxy) is 1. The Labute approximate surface area is 204 Å². The van der Waals surface area contributed by atoms with E-state index in [2.05, 4.69) is 9.71 Å². The third-order valence-corrected chi connectivity index (χ3v) is 7.53. The summed E-state index contributed by atoms with van der Waals surface area (Å²) in [5.74, 6) is -0.691. The van der Waals surface area contributed by atoms with E-state index in [0.717, 1.165) is 10.6 Å². The average Bonchev–Trinajstić information content (AvgIpc) is 3.29. The number of carbonyl (C=O) groups is 1. The molecule has 6 nitrogen and oxygen atoms in total. The molecule has 168 valence electrons. The molecule has 3 aromatic carbocycles. The Hall–Kier alpha value is -2.91. The number of rotatable bonds is 7. The first-order valence-electron chi connectivity index (χ1n) is 9.57. The maximum Gasteiger partial charge on any atom is 0.338 e. The van der Waals surface area contributed by atoms with Crippen LogP contribution in [0.5, 0.6) is 0 Å². The first-order valence-corrected chi connectivity index (χ1v) is 12.7. The van der Waals surface area contributed by atoms with Crippen molar-refractivity contribution in [3.63, 3.8) is 0 Å². The first-order chi connectivity index (χ1) is 15.8. The lowest BCUT2D eigenvalue weighted by Gasteiger charge is -2.11. The zero-order chi connectivity index (χ0) is 23.4. The Bertz CT molecular complexity index is 1390. The predicted molar refractivity (Wildman–Crippen MR) is 130 cm³/mol. The number of nitrogens with zero attached hydrogens (tertiary/aromatic N) is 1. The molecule has 0 saturated heterocycles. The van der Waals surface area contributed by atoms with E-state index in [0.29, 0.717) is 16.4 Å². The molecule has 1 N–H and O–H groups in total. The quantitative estimate of drug-likeness (QED) is 0.291. The Morgan fingerprint density at radius 1 is 1.00 bits per heavy atom. The zero-order valence-electron chi connectivity index (χ0n) is 16.9. The summed E-state index contributed by atoms with van der Waals surface area (Å²) in [6, 6.07) is 19.7. The van der Waals surface area contributed by atoms with Crippen LogP contribution in [0.4, 0.5) is 5.69 Å². The zero-order valence-corrected chi connectivity index (χ0v) is 20.0. The molecule has 0 spiro atoms. The van der Waals surface area contributed by atoms with Crippen molar-refractivity contribution in [1.29, 1.82) is 0 Å². The van der Waals surface area contributed by atoms with Gasteiger partial charge in [0.25, 0.3) is 10.0 Å². The fraction of sp³-hybridized carbons (Fsp3) is 0.0435. The Morgan fingerprint density at radius 3 is 2.45 bits per heavy atom. The standard InChI is InChI=1S/C23H16Cl2N2O4S2/c24-17-7-9-18(10-8-17)27-33(29,30)21-12-16(6-11-20(21)25)23(28)31-13-19-14-32-22(26-19)15-4-2-1-3-5-15/h1-12,14,27H,13H2. The van der Waals surface area contributed by atoms with E-state index in [1.54, 1.807) is 12.1 Å². The SMILES string of the molecule is O=C(OCc1csc(-c2ccccc2)n1)c1ccc(Cl)c(S(=O)(=O)Nc2ccc(Cl)cc2)c1. The van der Waals surface area contributed by atoms with Gasteiger partial charge in [0.15, 0.2) is 0 Å². The normalized spacial score (nSPS) is 11.2. The van der Waals surface area contributed by atoms with Crippen LogP contribution in [0.1, 0.15) is 16.1 Å². The minimum absolute atomic E-state index is 0.0278. The van der Waals surface area contributed by atoms with Crippen LogP contribution in [0.3, 0.4) is 0 Å². The number of aromatic nitrogens is 1. The summed E-state index contributed by atoms with van der Waals surface area (Å²) in [5, 5.41) is 3.06. The van der Waals surface area contributed by atoms with Crippen LogP contribution in [-0.4, -0.2) is 19.4 Å². The van der Waals surface area contributed by atoms with Crippen molar-refractivity contribution in [3.8, 4) is 10.6 Å². The molecular formula is C23H16Cl2N2O4S2. The van der Waals surface area contributed by atoms with E-state index in [9.17, 15) is 13.2 Å². The van der Waals surface area contributed by atoms with Gasteiger partial charge in [-0.3, -0.25) is 4.72 Å². The van der Waals surface area contributed by atoms with Crippen LogP contribution >= 0.6 is 34.5 Å². The molecule has 0 atom stereocenters. The fourth-order valence-corrected chi connectivity index (χ4v) is 5.40.